The minimum absolute atomic E-state index is 0.0354. The zero-order chi connectivity index (χ0) is 17.8. The fraction of sp³-hybridized carbons (Fsp3) is 0.538. The smallest absolute Gasteiger partial charge is 0.327 e. The van der Waals surface area contributed by atoms with Gasteiger partial charge in [-0.2, -0.15) is 0 Å². The normalized spacial score (nSPS) is 11.9. The largest absolute Gasteiger partial charge is 0.465 e. The maximum Gasteiger partial charge on any atom is 0.327 e. The van der Waals surface area contributed by atoms with E-state index < -0.39 is 32.3 Å². The van der Waals surface area contributed by atoms with Crippen LogP contribution in [0.2, 0.25) is 5.15 Å². The van der Waals surface area contributed by atoms with Gasteiger partial charge >= 0.3 is 11.9 Å². The number of halogens is 1. The van der Waals surface area contributed by atoms with Gasteiger partial charge in [-0.3, -0.25) is 9.59 Å². The predicted molar refractivity (Wildman–Crippen MR) is 80.8 cm³/mol. The quantitative estimate of drug-likeness (QED) is 0.317. The molecule has 10 heteroatoms. The van der Waals surface area contributed by atoms with Crippen molar-refractivity contribution in [2.24, 2.45) is 0 Å². The van der Waals surface area contributed by atoms with Crippen LogP contribution in [-0.4, -0.2) is 49.8 Å². The molecule has 0 radical (unpaired) electrons. The highest BCUT2D eigenvalue weighted by molar-refractivity contribution is 7.90. The Labute approximate surface area is 139 Å². The number of esters is 2. The first-order valence-corrected chi connectivity index (χ1v) is 8.93. The van der Waals surface area contributed by atoms with Gasteiger partial charge < -0.3 is 9.47 Å². The maximum absolute atomic E-state index is 12.3. The van der Waals surface area contributed by atoms with Gasteiger partial charge in [-0.1, -0.05) is 11.6 Å². The van der Waals surface area contributed by atoms with Crippen LogP contribution >= 0.6 is 11.6 Å². The molecule has 0 spiro atoms. The Morgan fingerprint density at radius 3 is 2.04 bits per heavy atom. The lowest BCUT2D eigenvalue weighted by atomic mass is 9.84. The summed E-state index contributed by atoms with van der Waals surface area (Å²) in [7, 11) is -3.69. The molecule has 1 heterocycles. The van der Waals surface area contributed by atoms with Crippen LogP contribution in [0.5, 0.6) is 0 Å². The number of carbonyl (C=O) groups is 2. The zero-order valence-electron chi connectivity index (χ0n) is 13.1. The van der Waals surface area contributed by atoms with Gasteiger partial charge in [0.1, 0.15) is 5.15 Å². The molecule has 0 atom stereocenters. The molecular formula is C13H17ClN2O6S. The van der Waals surface area contributed by atoms with Gasteiger partial charge in [-0.25, -0.2) is 18.4 Å². The fourth-order valence-corrected chi connectivity index (χ4v) is 2.58. The number of nitrogens with zero attached hydrogens (tertiary/aromatic N) is 2. The third kappa shape index (κ3) is 3.97. The van der Waals surface area contributed by atoms with Gasteiger partial charge in [0.25, 0.3) is 0 Å². The van der Waals surface area contributed by atoms with Crippen molar-refractivity contribution in [3.63, 3.8) is 0 Å². The SMILES string of the molecule is CCOC(=O)C(C)(C(=O)OCC)c1cnc(S(C)(=O)=O)nc1Cl. The molecule has 1 aromatic heterocycles. The van der Waals surface area contributed by atoms with Crippen LogP contribution in [0.3, 0.4) is 0 Å². The molecule has 8 nitrogen and oxygen atoms in total. The lowest BCUT2D eigenvalue weighted by Gasteiger charge is -2.25. The summed E-state index contributed by atoms with van der Waals surface area (Å²) >= 11 is 5.98. The Morgan fingerprint density at radius 1 is 1.22 bits per heavy atom. The summed E-state index contributed by atoms with van der Waals surface area (Å²) in [6, 6.07) is 0. The van der Waals surface area contributed by atoms with Crippen LogP contribution < -0.4 is 0 Å². The molecule has 128 valence electrons. The molecular weight excluding hydrogens is 348 g/mol. The molecule has 0 fully saturated rings. The molecule has 0 aliphatic carbocycles. The fourth-order valence-electron chi connectivity index (χ4n) is 1.71. The predicted octanol–water partition coefficient (Wildman–Crippen LogP) is 0.917. The Hall–Kier alpha value is -1.74. The van der Waals surface area contributed by atoms with Gasteiger partial charge in [0.2, 0.25) is 15.0 Å². The van der Waals surface area contributed by atoms with E-state index in [0.717, 1.165) is 12.5 Å². The third-order valence-electron chi connectivity index (χ3n) is 2.96. The monoisotopic (exact) mass is 364 g/mol. The van der Waals surface area contributed by atoms with Crippen LogP contribution in [0, 0.1) is 0 Å². The Balaban J connectivity index is 3.50. The summed E-state index contributed by atoms with van der Waals surface area (Å²) in [5.41, 5.74) is -2.00. The van der Waals surface area contributed by atoms with E-state index in [2.05, 4.69) is 9.97 Å². The Morgan fingerprint density at radius 2 is 1.70 bits per heavy atom. The summed E-state index contributed by atoms with van der Waals surface area (Å²) in [4.78, 5) is 31.8. The van der Waals surface area contributed by atoms with Crippen molar-refractivity contribution >= 4 is 33.4 Å². The van der Waals surface area contributed by atoms with Crippen LogP contribution in [0.15, 0.2) is 11.4 Å². The van der Waals surface area contributed by atoms with E-state index in [1.54, 1.807) is 13.8 Å². The van der Waals surface area contributed by atoms with E-state index >= 15 is 0 Å². The highest BCUT2D eigenvalue weighted by Gasteiger charge is 2.48. The average Bonchev–Trinajstić information content (AvgIpc) is 2.45. The molecule has 23 heavy (non-hydrogen) atoms. The van der Waals surface area contributed by atoms with E-state index in [9.17, 15) is 18.0 Å². The number of hydrogen-bond donors (Lipinski definition) is 0. The Kier molecular flexibility index (Phi) is 6.06. The van der Waals surface area contributed by atoms with E-state index in [1.165, 1.54) is 6.92 Å². The number of ether oxygens (including phenoxy) is 2. The van der Waals surface area contributed by atoms with Crippen molar-refractivity contribution in [2.45, 2.75) is 31.3 Å². The molecule has 0 aromatic carbocycles. The second-order valence-corrected chi connectivity index (χ2v) is 6.96. The number of carbonyl (C=O) groups excluding carboxylic acids is 2. The summed E-state index contributed by atoms with van der Waals surface area (Å²) in [5.74, 6) is -1.79. The van der Waals surface area contributed by atoms with Crippen molar-refractivity contribution in [2.75, 3.05) is 19.5 Å². The molecule has 0 N–H and O–H groups in total. The highest BCUT2D eigenvalue weighted by atomic mass is 35.5. The minimum atomic E-state index is -3.69. The third-order valence-corrected chi connectivity index (χ3v) is 4.11. The molecule has 0 aliphatic heterocycles. The lowest BCUT2D eigenvalue weighted by molar-refractivity contribution is -0.163. The summed E-state index contributed by atoms with van der Waals surface area (Å²) < 4.78 is 32.7. The summed E-state index contributed by atoms with van der Waals surface area (Å²) in [6.45, 7) is 4.48. The van der Waals surface area contributed by atoms with Crippen LogP contribution in [0.1, 0.15) is 26.3 Å². The summed E-state index contributed by atoms with van der Waals surface area (Å²) in [6.07, 6.45) is 1.92. The molecule has 0 saturated heterocycles. The second-order valence-electron chi connectivity index (χ2n) is 4.70. The van der Waals surface area contributed by atoms with Crippen LogP contribution in [0.4, 0.5) is 0 Å². The van der Waals surface area contributed by atoms with E-state index in [1.807, 2.05) is 0 Å². The maximum atomic E-state index is 12.3. The second kappa shape index (κ2) is 7.22. The van der Waals surface area contributed by atoms with Gasteiger partial charge in [0, 0.05) is 18.0 Å². The van der Waals surface area contributed by atoms with Crippen molar-refractivity contribution in [3.8, 4) is 0 Å². The van der Waals surface area contributed by atoms with Crippen molar-refractivity contribution < 1.29 is 27.5 Å². The first-order chi connectivity index (χ1) is 10.6. The molecule has 0 aliphatic rings. The molecule has 1 rings (SSSR count). The van der Waals surface area contributed by atoms with Gasteiger partial charge in [0.15, 0.2) is 5.41 Å². The number of rotatable bonds is 6. The lowest BCUT2D eigenvalue weighted by Crippen LogP contribution is -2.44. The molecule has 0 amide bonds. The number of sulfone groups is 1. The number of aromatic nitrogens is 2. The molecule has 0 saturated carbocycles. The standard InChI is InChI=1S/C13H17ClN2O6S/c1-5-21-10(17)13(3,11(18)22-6-2)8-7-15-12(16-9(8)14)23(4,19)20/h7H,5-6H2,1-4H3. The van der Waals surface area contributed by atoms with E-state index in [0.29, 0.717) is 0 Å². The van der Waals surface area contributed by atoms with Crippen LogP contribution in [0.25, 0.3) is 0 Å². The van der Waals surface area contributed by atoms with Crippen molar-refractivity contribution in [1.82, 2.24) is 9.97 Å². The Bertz CT molecular complexity index is 701. The van der Waals surface area contributed by atoms with Crippen molar-refractivity contribution in [3.05, 3.63) is 16.9 Å². The van der Waals surface area contributed by atoms with Gasteiger partial charge in [-0.15, -0.1) is 0 Å². The van der Waals surface area contributed by atoms with Gasteiger partial charge in [0.05, 0.1) is 13.2 Å². The minimum Gasteiger partial charge on any atom is -0.465 e. The average molecular weight is 365 g/mol. The first kappa shape index (κ1) is 19.3. The van der Waals surface area contributed by atoms with Crippen molar-refractivity contribution in [1.29, 1.82) is 0 Å². The first-order valence-electron chi connectivity index (χ1n) is 6.66. The summed E-state index contributed by atoms with van der Waals surface area (Å²) in [5, 5.41) is -0.856. The molecule has 0 unspecified atom stereocenters. The molecule has 1 aromatic rings. The van der Waals surface area contributed by atoms with E-state index in [-0.39, 0.29) is 23.9 Å². The van der Waals surface area contributed by atoms with E-state index in [4.69, 9.17) is 21.1 Å². The topological polar surface area (TPSA) is 113 Å². The molecule has 0 bridgehead atoms. The van der Waals surface area contributed by atoms with Crippen LogP contribution in [-0.2, 0) is 34.3 Å². The number of hydrogen-bond acceptors (Lipinski definition) is 8. The van der Waals surface area contributed by atoms with Gasteiger partial charge in [-0.05, 0) is 20.8 Å². The zero-order valence-corrected chi connectivity index (χ0v) is 14.7. The highest BCUT2D eigenvalue weighted by Crippen LogP contribution is 2.32.